The maximum absolute atomic E-state index is 12.6. The Bertz CT molecular complexity index is 507. The summed E-state index contributed by atoms with van der Waals surface area (Å²) in [5, 5.41) is 11.3. The molecule has 0 aliphatic heterocycles. The van der Waals surface area contributed by atoms with Crippen LogP contribution in [0.5, 0.6) is 0 Å². The molecule has 0 aliphatic rings. The van der Waals surface area contributed by atoms with Crippen LogP contribution in [0.4, 0.5) is 13.2 Å². The van der Waals surface area contributed by atoms with Gasteiger partial charge in [0.2, 0.25) is 5.91 Å². The number of rotatable bonds is 5. The standard InChI is InChI=1S/C12H15F3N2O3/c1-7(2)16-10(18)3-4-17-5-8(11(19)20)9(6-17)12(13,14)15/h5-7H,3-4H2,1-2H3,(H,16,18)(H,19,20). The van der Waals surface area contributed by atoms with Crippen LogP contribution in [-0.4, -0.2) is 27.6 Å². The molecule has 1 rings (SSSR count). The highest BCUT2D eigenvalue weighted by Crippen LogP contribution is 2.32. The lowest BCUT2D eigenvalue weighted by Gasteiger charge is -2.08. The predicted molar refractivity (Wildman–Crippen MR) is 64.3 cm³/mol. The number of nitrogens with one attached hydrogen (secondary N) is 1. The summed E-state index contributed by atoms with van der Waals surface area (Å²) < 4.78 is 39.0. The van der Waals surface area contributed by atoms with Crippen LogP contribution in [0.1, 0.15) is 36.2 Å². The number of aromatic nitrogens is 1. The molecule has 1 amide bonds. The van der Waals surface area contributed by atoms with Gasteiger partial charge >= 0.3 is 12.1 Å². The Morgan fingerprint density at radius 1 is 1.35 bits per heavy atom. The van der Waals surface area contributed by atoms with Crippen molar-refractivity contribution in [2.75, 3.05) is 0 Å². The van der Waals surface area contributed by atoms with Crippen molar-refractivity contribution in [3.05, 3.63) is 23.5 Å². The van der Waals surface area contributed by atoms with E-state index in [1.807, 2.05) is 0 Å². The zero-order valence-electron chi connectivity index (χ0n) is 11.0. The molecule has 8 heteroatoms. The summed E-state index contributed by atoms with van der Waals surface area (Å²) in [6.07, 6.45) is -3.18. The average molecular weight is 292 g/mol. The van der Waals surface area contributed by atoms with E-state index in [-0.39, 0.29) is 24.9 Å². The summed E-state index contributed by atoms with van der Waals surface area (Å²) in [6.45, 7) is 3.50. The Balaban J connectivity index is 2.83. The van der Waals surface area contributed by atoms with Crippen LogP contribution in [0.2, 0.25) is 0 Å². The molecule has 1 heterocycles. The second-order valence-electron chi connectivity index (χ2n) is 4.60. The highest BCUT2D eigenvalue weighted by molar-refractivity contribution is 5.89. The van der Waals surface area contributed by atoms with Crippen molar-refractivity contribution in [2.45, 2.75) is 39.0 Å². The number of halogens is 3. The van der Waals surface area contributed by atoms with Gasteiger partial charge in [0.05, 0.1) is 11.1 Å². The quantitative estimate of drug-likeness (QED) is 0.873. The van der Waals surface area contributed by atoms with Gasteiger partial charge in [-0.1, -0.05) is 0 Å². The van der Waals surface area contributed by atoms with E-state index < -0.39 is 23.3 Å². The topological polar surface area (TPSA) is 71.3 Å². The van der Waals surface area contributed by atoms with Crippen LogP contribution in [0.25, 0.3) is 0 Å². The van der Waals surface area contributed by atoms with Crippen molar-refractivity contribution >= 4 is 11.9 Å². The van der Waals surface area contributed by atoms with Gasteiger partial charge in [-0.3, -0.25) is 4.79 Å². The Morgan fingerprint density at radius 3 is 2.35 bits per heavy atom. The van der Waals surface area contributed by atoms with Gasteiger partial charge in [-0.2, -0.15) is 13.2 Å². The summed E-state index contributed by atoms with van der Waals surface area (Å²) in [5.41, 5.74) is -2.03. The zero-order chi connectivity index (χ0) is 15.5. The second-order valence-corrected chi connectivity index (χ2v) is 4.60. The van der Waals surface area contributed by atoms with Crippen LogP contribution in [-0.2, 0) is 17.5 Å². The molecule has 0 saturated carbocycles. The number of hydrogen-bond acceptors (Lipinski definition) is 2. The number of carbonyl (C=O) groups excluding carboxylic acids is 1. The summed E-state index contributed by atoms with van der Waals surface area (Å²) in [6, 6.07) is -0.0625. The molecule has 1 aromatic rings. The first-order chi connectivity index (χ1) is 9.11. The molecule has 0 spiro atoms. The van der Waals surface area contributed by atoms with Gasteiger partial charge in [0, 0.05) is 31.4 Å². The molecule has 1 aromatic heterocycles. The van der Waals surface area contributed by atoms with Crippen molar-refractivity contribution in [3.63, 3.8) is 0 Å². The monoisotopic (exact) mass is 292 g/mol. The maximum atomic E-state index is 12.6. The Morgan fingerprint density at radius 2 is 1.95 bits per heavy atom. The molecule has 0 radical (unpaired) electrons. The van der Waals surface area contributed by atoms with E-state index >= 15 is 0 Å². The lowest BCUT2D eigenvalue weighted by molar-refractivity contribution is -0.138. The largest absolute Gasteiger partial charge is 0.478 e. The number of carboxylic acids is 1. The van der Waals surface area contributed by atoms with Crippen molar-refractivity contribution in [1.29, 1.82) is 0 Å². The van der Waals surface area contributed by atoms with E-state index in [1.165, 1.54) is 0 Å². The van der Waals surface area contributed by atoms with Gasteiger partial charge in [0.1, 0.15) is 0 Å². The fourth-order valence-corrected chi connectivity index (χ4v) is 1.66. The van der Waals surface area contributed by atoms with E-state index in [9.17, 15) is 22.8 Å². The lowest BCUT2D eigenvalue weighted by atomic mass is 10.2. The molecule has 0 bridgehead atoms. The SMILES string of the molecule is CC(C)NC(=O)CCn1cc(C(=O)O)c(C(F)(F)F)c1. The van der Waals surface area contributed by atoms with Gasteiger partial charge in [0.15, 0.2) is 0 Å². The number of aromatic carboxylic acids is 1. The highest BCUT2D eigenvalue weighted by Gasteiger charge is 2.36. The van der Waals surface area contributed by atoms with Gasteiger partial charge < -0.3 is 15.0 Å². The molecule has 2 N–H and O–H groups in total. The fourth-order valence-electron chi connectivity index (χ4n) is 1.66. The summed E-state index contributed by atoms with van der Waals surface area (Å²) in [5.74, 6) is -1.96. The number of carboxylic acid groups (broad SMARTS) is 1. The number of nitrogens with zero attached hydrogens (tertiary/aromatic N) is 1. The molecule has 112 valence electrons. The van der Waals surface area contributed by atoms with Gasteiger partial charge in [-0.25, -0.2) is 4.79 Å². The van der Waals surface area contributed by atoms with E-state index in [4.69, 9.17) is 5.11 Å². The van der Waals surface area contributed by atoms with Crippen molar-refractivity contribution in [3.8, 4) is 0 Å². The zero-order valence-corrected chi connectivity index (χ0v) is 11.0. The smallest absolute Gasteiger partial charge is 0.418 e. The van der Waals surface area contributed by atoms with Crippen molar-refractivity contribution in [2.24, 2.45) is 0 Å². The first-order valence-corrected chi connectivity index (χ1v) is 5.91. The summed E-state index contributed by atoms with van der Waals surface area (Å²) >= 11 is 0. The molecule has 20 heavy (non-hydrogen) atoms. The van der Waals surface area contributed by atoms with Gasteiger partial charge in [-0.15, -0.1) is 0 Å². The fraction of sp³-hybridized carbons (Fsp3) is 0.500. The Kier molecular flexibility index (Phi) is 4.80. The molecule has 0 unspecified atom stereocenters. The second kappa shape index (κ2) is 5.98. The van der Waals surface area contributed by atoms with E-state index in [1.54, 1.807) is 13.8 Å². The first kappa shape index (κ1) is 16.1. The van der Waals surface area contributed by atoms with Crippen molar-refractivity contribution < 1.29 is 27.9 Å². The third-order valence-corrected chi connectivity index (χ3v) is 2.46. The third kappa shape index (κ3) is 4.29. The Labute approximate surface area is 113 Å². The normalized spacial score (nSPS) is 11.7. The van der Waals surface area contributed by atoms with Crippen LogP contribution in [0, 0.1) is 0 Å². The number of amides is 1. The van der Waals surface area contributed by atoms with Crippen LogP contribution in [0.3, 0.4) is 0 Å². The predicted octanol–water partition coefficient (Wildman–Crippen LogP) is 2.12. The molecular formula is C12H15F3N2O3. The van der Waals surface area contributed by atoms with Crippen molar-refractivity contribution in [1.82, 2.24) is 9.88 Å². The average Bonchev–Trinajstić information content (AvgIpc) is 2.69. The summed E-state index contributed by atoms with van der Waals surface area (Å²) in [4.78, 5) is 22.2. The first-order valence-electron chi connectivity index (χ1n) is 5.91. The minimum atomic E-state index is -4.74. The number of hydrogen-bond donors (Lipinski definition) is 2. The minimum absolute atomic E-state index is 0.0189. The highest BCUT2D eigenvalue weighted by atomic mass is 19.4. The Hall–Kier alpha value is -1.99. The molecule has 0 fully saturated rings. The molecule has 0 atom stereocenters. The third-order valence-electron chi connectivity index (χ3n) is 2.46. The molecule has 0 saturated heterocycles. The van der Waals surface area contributed by atoms with E-state index in [0.717, 1.165) is 10.8 Å². The van der Waals surface area contributed by atoms with Crippen LogP contribution in [0.15, 0.2) is 12.4 Å². The molecular weight excluding hydrogens is 277 g/mol. The maximum Gasteiger partial charge on any atom is 0.418 e. The van der Waals surface area contributed by atoms with Crippen LogP contribution < -0.4 is 5.32 Å². The van der Waals surface area contributed by atoms with Gasteiger partial charge in [-0.05, 0) is 13.8 Å². The van der Waals surface area contributed by atoms with E-state index in [2.05, 4.69) is 5.32 Å². The minimum Gasteiger partial charge on any atom is -0.478 e. The summed E-state index contributed by atoms with van der Waals surface area (Å²) in [7, 11) is 0. The molecule has 0 aliphatic carbocycles. The molecule has 0 aromatic carbocycles. The van der Waals surface area contributed by atoms with Gasteiger partial charge in [0.25, 0.3) is 0 Å². The number of carbonyl (C=O) groups is 2. The van der Waals surface area contributed by atoms with E-state index in [0.29, 0.717) is 6.20 Å². The molecule has 5 nitrogen and oxygen atoms in total. The number of aryl methyl sites for hydroxylation is 1. The number of alkyl halides is 3. The van der Waals surface area contributed by atoms with Crippen LogP contribution >= 0.6 is 0 Å². The lowest BCUT2D eigenvalue weighted by Crippen LogP contribution is -2.30.